The third kappa shape index (κ3) is 3.25. The molecule has 26 heavy (non-hydrogen) atoms. The van der Waals surface area contributed by atoms with Crippen LogP contribution in [0.1, 0.15) is 21.5 Å². The molecule has 0 saturated carbocycles. The van der Waals surface area contributed by atoms with Crippen LogP contribution in [0.3, 0.4) is 0 Å². The summed E-state index contributed by atoms with van der Waals surface area (Å²) in [5.41, 5.74) is 9.23. The van der Waals surface area contributed by atoms with Crippen LogP contribution in [0.15, 0.2) is 36.8 Å². The van der Waals surface area contributed by atoms with Crippen LogP contribution in [0.5, 0.6) is 0 Å². The Morgan fingerprint density at radius 2 is 2.00 bits per heavy atom. The molecule has 3 N–H and O–H groups in total. The molecule has 1 amide bonds. The molecule has 0 spiro atoms. The predicted molar refractivity (Wildman–Crippen MR) is 101 cm³/mol. The van der Waals surface area contributed by atoms with Gasteiger partial charge in [-0.1, -0.05) is 6.07 Å². The number of nitrogens with one attached hydrogen (secondary N) is 1. The summed E-state index contributed by atoms with van der Waals surface area (Å²) in [4.78, 5) is 28.7. The fourth-order valence-corrected chi connectivity index (χ4v) is 3.27. The number of piperazine rings is 1. The van der Waals surface area contributed by atoms with Gasteiger partial charge in [0, 0.05) is 56.6 Å². The van der Waals surface area contributed by atoms with E-state index in [9.17, 15) is 4.79 Å². The molecule has 3 aromatic heterocycles. The number of nitrogens with two attached hydrogens (primary N) is 1. The molecule has 0 aliphatic carbocycles. The lowest BCUT2D eigenvalue weighted by Gasteiger charge is -2.32. The van der Waals surface area contributed by atoms with Crippen molar-refractivity contribution in [1.82, 2.24) is 24.8 Å². The fourth-order valence-electron chi connectivity index (χ4n) is 3.27. The minimum Gasteiger partial charge on any atom is -0.384 e. The first-order chi connectivity index (χ1) is 12.6. The monoisotopic (exact) mass is 350 g/mol. The molecular weight excluding hydrogens is 328 g/mol. The number of amides is 1. The number of aromatic nitrogens is 3. The highest BCUT2D eigenvalue weighted by molar-refractivity contribution is 5.97. The number of hydrogen-bond donors (Lipinski definition) is 2. The lowest BCUT2D eigenvalue weighted by Crippen LogP contribution is -2.47. The normalized spacial score (nSPS) is 15.5. The topological polar surface area (TPSA) is 91.1 Å². The van der Waals surface area contributed by atoms with E-state index in [4.69, 9.17) is 5.73 Å². The summed E-state index contributed by atoms with van der Waals surface area (Å²) in [6.07, 6.45) is 6.09. The molecule has 0 radical (unpaired) electrons. The van der Waals surface area contributed by atoms with Crippen LogP contribution in [0.4, 0.5) is 5.82 Å². The number of nitrogen functional groups attached to an aromatic ring is 1. The van der Waals surface area contributed by atoms with E-state index in [0.29, 0.717) is 17.8 Å². The highest BCUT2D eigenvalue weighted by Gasteiger charge is 2.21. The van der Waals surface area contributed by atoms with E-state index < -0.39 is 0 Å². The third-order valence-electron chi connectivity index (χ3n) is 4.90. The van der Waals surface area contributed by atoms with Crippen LogP contribution in [-0.2, 0) is 6.42 Å². The Kier molecular flexibility index (Phi) is 4.30. The van der Waals surface area contributed by atoms with E-state index in [0.717, 1.165) is 48.3 Å². The summed E-state index contributed by atoms with van der Waals surface area (Å²) in [5, 5.41) is 0.974. The summed E-state index contributed by atoms with van der Waals surface area (Å²) in [5.74, 6) is 0.559. The molecule has 134 valence electrons. The van der Waals surface area contributed by atoms with Gasteiger partial charge in [-0.05, 0) is 30.3 Å². The van der Waals surface area contributed by atoms with Gasteiger partial charge in [-0.25, -0.2) is 9.97 Å². The molecule has 7 nitrogen and oxygen atoms in total. The molecule has 1 aliphatic heterocycles. The maximum Gasteiger partial charge on any atom is 0.255 e. The first kappa shape index (κ1) is 16.5. The zero-order chi connectivity index (χ0) is 18.1. The van der Waals surface area contributed by atoms with Gasteiger partial charge in [0.1, 0.15) is 11.5 Å². The lowest BCUT2D eigenvalue weighted by molar-refractivity contribution is 0.0664. The summed E-state index contributed by atoms with van der Waals surface area (Å²) in [6.45, 7) is 3.32. The number of pyridine rings is 2. The second kappa shape index (κ2) is 6.76. The first-order valence-electron chi connectivity index (χ1n) is 8.74. The minimum absolute atomic E-state index is 0.0498. The molecule has 0 unspecified atom stereocenters. The molecule has 1 saturated heterocycles. The van der Waals surface area contributed by atoms with Crippen molar-refractivity contribution in [3.63, 3.8) is 0 Å². The SMILES string of the molecule is CN1CCN(C(=O)c2cnc3[nH]cc(Cc4ccc(N)nc4)c3c2)CC1. The maximum atomic E-state index is 12.8. The number of aromatic amines is 1. The van der Waals surface area contributed by atoms with Gasteiger partial charge < -0.3 is 20.5 Å². The lowest BCUT2D eigenvalue weighted by atomic mass is 10.1. The van der Waals surface area contributed by atoms with Gasteiger partial charge in [-0.2, -0.15) is 0 Å². The first-order valence-corrected chi connectivity index (χ1v) is 8.74. The van der Waals surface area contributed by atoms with E-state index in [1.807, 2.05) is 23.2 Å². The number of H-pyrrole nitrogens is 1. The Bertz CT molecular complexity index is 925. The fraction of sp³-hybridized carbons (Fsp3) is 0.316. The Morgan fingerprint density at radius 1 is 1.19 bits per heavy atom. The summed E-state index contributed by atoms with van der Waals surface area (Å²) in [6, 6.07) is 5.71. The molecule has 1 aliphatic rings. The van der Waals surface area contributed by atoms with Crippen molar-refractivity contribution >= 4 is 22.8 Å². The average molecular weight is 350 g/mol. The van der Waals surface area contributed by atoms with Crippen LogP contribution < -0.4 is 5.73 Å². The highest BCUT2D eigenvalue weighted by atomic mass is 16.2. The number of likely N-dealkylation sites (N-methyl/N-ethyl adjacent to an activating group) is 1. The third-order valence-corrected chi connectivity index (χ3v) is 4.90. The maximum absolute atomic E-state index is 12.8. The van der Waals surface area contributed by atoms with E-state index in [-0.39, 0.29) is 5.91 Å². The van der Waals surface area contributed by atoms with Gasteiger partial charge in [0.25, 0.3) is 5.91 Å². The van der Waals surface area contributed by atoms with Crippen molar-refractivity contribution in [2.45, 2.75) is 6.42 Å². The van der Waals surface area contributed by atoms with Gasteiger partial charge in [-0.3, -0.25) is 4.79 Å². The van der Waals surface area contributed by atoms with Gasteiger partial charge >= 0.3 is 0 Å². The number of carbonyl (C=O) groups is 1. The average Bonchev–Trinajstić information content (AvgIpc) is 3.06. The smallest absolute Gasteiger partial charge is 0.255 e. The van der Waals surface area contributed by atoms with E-state index in [1.165, 1.54) is 0 Å². The summed E-state index contributed by atoms with van der Waals surface area (Å²) in [7, 11) is 2.08. The quantitative estimate of drug-likeness (QED) is 0.747. The number of hydrogen-bond acceptors (Lipinski definition) is 5. The van der Waals surface area contributed by atoms with Crippen molar-refractivity contribution in [1.29, 1.82) is 0 Å². The molecule has 0 bridgehead atoms. The predicted octanol–water partition coefficient (Wildman–Crippen LogP) is 1.52. The van der Waals surface area contributed by atoms with Crippen LogP contribution in [0, 0.1) is 0 Å². The zero-order valence-electron chi connectivity index (χ0n) is 14.8. The van der Waals surface area contributed by atoms with Crippen molar-refractivity contribution in [2.24, 2.45) is 0 Å². The highest BCUT2D eigenvalue weighted by Crippen LogP contribution is 2.22. The van der Waals surface area contributed by atoms with Crippen molar-refractivity contribution in [3.05, 3.63) is 53.5 Å². The van der Waals surface area contributed by atoms with Gasteiger partial charge in [-0.15, -0.1) is 0 Å². The van der Waals surface area contributed by atoms with Gasteiger partial charge in [0.2, 0.25) is 0 Å². The standard InChI is InChI=1S/C19H22N6O/c1-24-4-6-25(7-5-24)19(26)15-9-16-14(11-22-18(16)23-12-15)8-13-2-3-17(20)21-10-13/h2-3,9-12H,4-8H2,1H3,(H2,20,21)(H,22,23). The Morgan fingerprint density at radius 3 is 2.73 bits per heavy atom. The Hall–Kier alpha value is -2.93. The molecule has 7 heteroatoms. The molecule has 1 fully saturated rings. The van der Waals surface area contributed by atoms with E-state index >= 15 is 0 Å². The second-order valence-electron chi connectivity index (χ2n) is 6.80. The number of anilines is 1. The summed E-state index contributed by atoms with van der Waals surface area (Å²) >= 11 is 0. The molecular formula is C19H22N6O. The van der Waals surface area contributed by atoms with Crippen LogP contribution >= 0.6 is 0 Å². The van der Waals surface area contributed by atoms with Crippen molar-refractivity contribution < 1.29 is 4.79 Å². The van der Waals surface area contributed by atoms with Crippen LogP contribution in [0.25, 0.3) is 11.0 Å². The van der Waals surface area contributed by atoms with E-state index in [1.54, 1.807) is 18.5 Å². The Balaban J connectivity index is 1.60. The number of nitrogens with zero attached hydrogens (tertiary/aromatic N) is 4. The molecule has 0 atom stereocenters. The van der Waals surface area contributed by atoms with E-state index in [2.05, 4.69) is 26.9 Å². The molecule has 3 aromatic rings. The van der Waals surface area contributed by atoms with Crippen LogP contribution in [-0.4, -0.2) is 63.9 Å². The Labute approximate surface area is 151 Å². The largest absolute Gasteiger partial charge is 0.384 e. The number of rotatable bonds is 3. The van der Waals surface area contributed by atoms with Crippen molar-refractivity contribution in [3.8, 4) is 0 Å². The van der Waals surface area contributed by atoms with Gasteiger partial charge in [0.15, 0.2) is 0 Å². The molecule has 4 heterocycles. The molecule has 4 rings (SSSR count). The number of fused-ring (bicyclic) bond motifs is 1. The summed E-state index contributed by atoms with van der Waals surface area (Å²) < 4.78 is 0. The van der Waals surface area contributed by atoms with Crippen LogP contribution in [0.2, 0.25) is 0 Å². The second-order valence-corrected chi connectivity index (χ2v) is 6.80. The van der Waals surface area contributed by atoms with Gasteiger partial charge in [0.05, 0.1) is 5.56 Å². The molecule has 0 aromatic carbocycles. The zero-order valence-corrected chi connectivity index (χ0v) is 14.8. The minimum atomic E-state index is 0.0498. The number of carbonyl (C=O) groups excluding carboxylic acids is 1. The van der Waals surface area contributed by atoms with Crippen molar-refractivity contribution in [2.75, 3.05) is 39.0 Å².